The smallest absolute Gasteiger partial charge is 0.143 e. The monoisotopic (exact) mass is 292 g/mol. The second kappa shape index (κ2) is 7.78. The summed E-state index contributed by atoms with van der Waals surface area (Å²) in [5.74, 6) is 1.40. The largest absolute Gasteiger partial charge is 0.493 e. The van der Waals surface area contributed by atoms with Crippen molar-refractivity contribution in [2.24, 2.45) is 0 Å². The van der Waals surface area contributed by atoms with Crippen molar-refractivity contribution in [2.45, 2.75) is 13.0 Å². The molecule has 0 saturated carbocycles. The Morgan fingerprint density at radius 2 is 1.65 bits per heavy atom. The second-order valence-corrected chi connectivity index (χ2v) is 4.66. The molecule has 0 aliphatic carbocycles. The van der Waals surface area contributed by atoms with E-state index in [1.807, 2.05) is 30.3 Å². The number of rotatable bonds is 7. The number of ether oxygens (including phenoxy) is 2. The molecule has 0 spiro atoms. The lowest BCUT2D eigenvalue weighted by Gasteiger charge is -2.12. The molecule has 2 aromatic rings. The van der Waals surface area contributed by atoms with Crippen molar-refractivity contribution in [3.8, 4) is 11.5 Å². The van der Waals surface area contributed by atoms with Crippen LogP contribution in [0.4, 0.5) is 0 Å². The van der Waals surface area contributed by atoms with E-state index < -0.39 is 0 Å². The van der Waals surface area contributed by atoms with Crippen LogP contribution in [0.15, 0.2) is 48.5 Å². The van der Waals surface area contributed by atoms with Crippen molar-refractivity contribution in [3.63, 3.8) is 0 Å². The molecular weight excluding hydrogens is 276 g/mol. The van der Waals surface area contributed by atoms with Crippen LogP contribution in [0.1, 0.15) is 12.0 Å². The lowest BCUT2D eigenvalue weighted by atomic mass is 10.2. The predicted octanol–water partition coefficient (Wildman–Crippen LogP) is 3.68. The van der Waals surface area contributed by atoms with E-state index in [1.54, 1.807) is 18.2 Å². The molecule has 0 atom stereocenters. The average Bonchev–Trinajstić information content (AvgIpc) is 2.49. The molecule has 20 heavy (non-hydrogen) atoms. The zero-order chi connectivity index (χ0) is 14.2. The second-order valence-electron chi connectivity index (χ2n) is 4.25. The average molecular weight is 293 g/mol. The number of aliphatic hydroxyl groups is 1. The maximum Gasteiger partial charge on any atom is 0.143 e. The van der Waals surface area contributed by atoms with Gasteiger partial charge in [0, 0.05) is 12.0 Å². The van der Waals surface area contributed by atoms with Gasteiger partial charge in [0.05, 0.1) is 24.8 Å². The van der Waals surface area contributed by atoms with Gasteiger partial charge in [-0.1, -0.05) is 41.9 Å². The fraction of sp³-hybridized carbons (Fsp3) is 0.250. The van der Waals surface area contributed by atoms with Crippen LogP contribution >= 0.6 is 11.6 Å². The summed E-state index contributed by atoms with van der Waals surface area (Å²) in [6.07, 6.45) is 0.741. The number of para-hydroxylation sites is 2. The minimum Gasteiger partial charge on any atom is -0.493 e. The van der Waals surface area contributed by atoms with Crippen molar-refractivity contribution < 1.29 is 14.6 Å². The van der Waals surface area contributed by atoms with Gasteiger partial charge in [0.15, 0.2) is 0 Å². The van der Waals surface area contributed by atoms with Crippen molar-refractivity contribution in [2.75, 3.05) is 13.2 Å². The third-order valence-corrected chi connectivity index (χ3v) is 3.06. The Balaban J connectivity index is 1.76. The van der Waals surface area contributed by atoms with E-state index in [2.05, 4.69) is 0 Å². The van der Waals surface area contributed by atoms with Gasteiger partial charge in [-0.05, 0) is 18.2 Å². The standard InChI is InChI=1S/C16H17ClO3/c17-15-9-4-6-13(12-18)16(15)20-11-5-10-19-14-7-2-1-3-8-14/h1-4,6-9,18H,5,10-12H2. The first-order valence-electron chi connectivity index (χ1n) is 6.50. The minimum atomic E-state index is -0.0869. The van der Waals surface area contributed by atoms with Crippen LogP contribution in [0.2, 0.25) is 5.02 Å². The molecular formula is C16H17ClO3. The summed E-state index contributed by atoms with van der Waals surface area (Å²) >= 11 is 6.05. The summed E-state index contributed by atoms with van der Waals surface area (Å²) in [7, 11) is 0. The molecule has 0 aromatic heterocycles. The van der Waals surface area contributed by atoms with E-state index >= 15 is 0 Å². The third-order valence-electron chi connectivity index (χ3n) is 2.77. The Kier molecular flexibility index (Phi) is 5.71. The lowest BCUT2D eigenvalue weighted by molar-refractivity contribution is 0.236. The molecule has 2 rings (SSSR count). The minimum absolute atomic E-state index is 0.0869. The number of hydrogen-bond donors (Lipinski definition) is 1. The van der Waals surface area contributed by atoms with E-state index in [4.69, 9.17) is 21.1 Å². The van der Waals surface area contributed by atoms with Gasteiger partial charge in [-0.15, -0.1) is 0 Å². The maximum atomic E-state index is 9.23. The molecule has 0 heterocycles. The van der Waals surface area contributed by atoms with E-state index in [0.717, 1.165) is 12.2 Å². The molecule has 0 aliphatic rings. The van der Waals surface area contributed by atoms with Gasteiger partial charge in [-0.3, -0.25) is 0 Å². The van der Waals surface area contributed by atoms with Gasteiger partial charge in [0.2, 0.25) is 0 Å². The van der Waals surface area contributed by atoms with Crippen LogP contribution in [0.25, 0.3) is 0 Å². The zero-order valence-corrected chi connectivity index (χ0v) is 11.8. The first kappa shape index (κ1) is 14.7. The molecule has 1 N–H and O–H groups in total. The molecule has 106 valence electrons. The molecule has 0 unspecified atom stereocenters. The third kappa shape index (κ3) is 4.15. The van der Waals surface area contributed by atoms with E-state index in [-0.39, 0.29) is 6.61 Å². The number of hydrogen-bond acceptors (Lipinski definition) is 3. The molecule has 0 aliphatic heterocycles. The van der Waals surface area contributed by atoms with Crippen molar-refractivity contribution in [1.29, 1.82) is 0 Å². The van der Waals surface area contributed by atoms with Crippen molar-refractivity contribution in [1.82, 2.24) is 0 Å². The highest BCUT2D eigenvalue weighted by molar-refractivity contribution is 6.32. The van der Waals surface area contributed by atoms with Crippen LogP contribution in [-0.4, -0.2) is 18.3 Å². The Hall–Kier alpha value is -1.71. The molecule has 2 aromatic carbocycles. The van der Waals surface area contributed by atoms with Gasteiger partial charge < -0.3 is 14.6 Å². The Bertz CT molecular complexity index is 529. The first-order valence-corrected chi connectivity index (χ1v) is 6.88. The Labute approximate surface area is 123 Å². The van der Waals surface area contributed by atoms with Crippen molar-refractivity contribution in [3.05, 3.63) is 59.1 Å². The van der Waals surface area contributed by atoms with Gasteiger partial charge >= 0.3 is 0 Å². The highest BCUT2D eigenvalue weighted by atomic mass is 35.5. The van der Waals surface area contributed by atoms with Crippen LogP contribution in [-0.2, 0) is 6.61 Å². The highest BCUT2D eigenvalue weighted by Gasteiger charge is 2.07. The Morgan fingerprint density at radius 1 is 0.900 bits per heavy atom. The molecule has 4 heteroatoms. The SMILES string of the molecule is OCc1cccc(Cl)c1OCCCOc1ccccc1. The predicted molar refractivity (Wildman–Crippen MR) is 79.4 cm³/mol. The number of halogens is 1. The van der Waals surface area contributed by atoms with Crippen LogP contribution in [0.5, 0.6) is 11.5 Å². The van der Waals surface area contributed by atoms with E-state index in [0.29, 0.717) is 29.5 Å². The summed E-state index contributed by atoms with van der Waals surface area (Å²) in [4.78, 5) is 0. The van der Waals surface area contributed by atoms with Crippen LogP contribution < -0.4 is 9.47 Å². The topological polar surface area (TPSA) is 38.7 Å². The number of aliphatic hydroxyl groups excluding tert-OH is 1. The number of benzene rings is 2. The normalized spacial score (nSPS) is 10.3. The van der Waals surface area contributed by atoms with Gasteiger partial charge in [-0.2, -0.15) is 0 Å². The fourth-order valence-electron chi connectivity index (χ4n) is 1.78. The summed E-state index contributed by atoms with van der Waals surface area (Å²) in [6.45, 7) is 0.975. The molecule has 0 radical (unpaired) electrons. The molecule has 0 saturated heterocycles. The quantitative estimate of drug-likeness (QED) is 0.791. The molecule has 0 fully saturated rings. The van der Waals surface area contributed by atoms with Gasteiger partial charge in [0.1, 0.15) is 11.5 Å². The molecule has 0 bridgehead atoms. The van der Waals surface area contributed by atoms with Crippen molar-refractivity contribution >= 4 is 11.6 Å². The first-order chi connectivity index (χ1) is 9.81. The van der Waals surface area contributed by atoms with Crippen LogP contribution in [0, 0.1) is 0 Å². The highest BCUT2D eigenvalue weighted by Crippen LogP contribution is 2.28. The maximum absolute atomic E-state index is 9.23. The van der Waals surface area contributed by atoms with Gasteiger partial charge in [0.25, 0.3) is 0 Å². The zero-order valence-electron chi connectivity index (χ0n) is 11.1. The van der Waals surface area contributed by atoms with E-state index in [9.17, 15) is 5.11 Å². The molecule has 3 nitrogen and oxygen atoms in total. The summed E-state index contributed by atoms with van der Waals surface area (Å²) in [5.41, 5.74) is 0.696. The van der Waals surface area contributed by atoms with E-state index in [1.165, 1.54) is 0 Å². The molecule has 0 amide bonds. The summed E-state index contributed by atoms with van der Waals surface area (Å²) < 4.78 is 11.2. The lowest BCUT2D eigenvalue weighted by Crippen LogP contribution is -2.06. The summed E-state index contributed by atoms with van der Waals surface area (Å²) in [5, 5.41) is 9.75. The Morgan fingerprint density at radius 3 is 2.40 bits per heavy atom. The van der Waals surface area contributed by atoms with Crippen LogP contribution in [0.3, 0.4) is 0 Å². The summed E-state index contributed by atoms with van der Waals surface area (Å²) in [6, 6.07) is 15.0. The fourth-order valence-corrected chi connectivity index (χ4v) is 2.03. The van der Waals surface area contributed by atoms with Gasteiger partial charge in [-0.25, -0.2) is 0 Å².